The van der Waals surface area contributed by atoms with Crippen LogP contribution in [0.15, 0.2) is 18.2 Å². The Morgan fingerprint density at radius 1 is 1.47 bits per heavy atom. The van der Waals surface area contributed by atoms with Gasteiger partial charge in [0.2, 0.25) is 5.88 Å². The Bertz CT molecular complexity index is 294. The highest BCUT2D eigenvalue weighted by Crippen LogP contribution is 2.08. The van der Waals surface area contributed by atoms with Gasteiger partial charge in [-0.05, 0) is 12.6 Å². The van der Waals surface area contributed by atoms with Gasteiger partial charge < -0.3 is 4.74 Å². The lowest BCUT2D eigenvalue weighted by Gasteiger charge is -2.18. The molecule has 15 heavy (non-hydrogen) atoms. The molecule has 1 aromatic heterocycles. The van der Waals surface area contributed by atoms with Crippen molar-refractivity contribution >= 4 is 11.6 Å². The van der Waals surface area contributed by atoms with Crippen molar-refractivity contribution in [3.63, 3.8) is 0 Å². The molecule has 0 aliphatic heterocycles. The molecule has 0 atom stereocenters. The van der Waals surface area contributed by atoms with E-state index in [9.17, 15) is 0 Å². The van der Waals surface area contributed by atoms with Crippen molar-refractivity contribution in [3.8, 4) is 5.88 Å². The number of aromatic nitrogens is 1. The molecule has 0 bridgehead atoms. The van der Waals surface area contributed by atoms with Crippen LogP contribution >= 0.6 is 11.6 Å². The zero-order valence-electron chi connectivity index (χ0n) is 9.24. The number of halogens is 1. The first-order valence-electron chi connectivity index (χ1n) is 5.08. The minimum atomic E-state index is 0.651. The summed E-state index contributed by atoms with van der Waals surface area (Å²) in [6, 6.07) is 5.80. The van der Waals surface area contributed by atoms with Gasteiger partial charge in [-0.3, -0.25) is 4.90 Å². The first kappa shape index (κ1) is 12.3. The average molecular weight is 229 g/mol. The lowest BCUT2D eigenvalue weighted by Crippen LogP contribution is -2.25. The van der Waals surface area contributed by atoms with Gasteiger partial charge in [-0.25, -0.2) is 4.98 Å². The van der Waals surface area contributed by atoms with E-state index in [0.717, 1.165) is 25.3 Å². The van der Waals surface area contributed by atoms with Crippen LogP contribution in [-0.4, -0.2) is 36.0 Å². The number of hydrogen-bond donors (Lipinski definition) is 0. The van der Waals surface area contributed by atoms with Crippen LogP contribution in [0, 0.1) is 0 Å². The van der Waals surface area contributed by atoms with Crippen molar-refractivity contribution in [2.24, 2.45) is 0 Å². The second-order valence-electron chi connectivity index (χ2n) is 3.23. The number of ether oxygens (including phenoxy) is 1. The maximum absolute atomic E-state index is 5.71. The Labute approximate surface area is 96.0 Å². The number of rotatable bonds is 6. The second-order valence-corrected chi connectivity index (χ2v) is 3.61. The van der Waals surface area contributed by atoms with E-state index < -0.39 is 0 Å². The van der Waals surface area contributed by atoms with Crippen LogP contribution in [0.5, 0.6) is 5.88 Å². The molecule has 0 saturated heterocycles. The average Bonchev–Trinajstić information content (AvgIpc) is 2.29. The fourth-order valence-corrected chi connectivity index (χ4v) is 1.60. The second kappa shape index (κ2) is 6.64. The fraction of sp³-hybridized carbons (Fsp3) is 0.545. The van der Waals surface area contributed by atoms with Crippen molar-refractivity contribution < 1.29 is 4.74 Å². The number of pyridine rings is 1. The Balaban J connectivity index is 2.61. The zero-order chi connectivity index (χ0) is 11.1. The van der Waals surface area contributed by atoms with Gasteiger partial charge in [-0.15, -0.1) is 11.6 Å². The molecule has 0 aromatic carbocycles. The van der Waals surface area contributed by atoms with Gasteiger partial charge in [0, 0.05) is 25.0 Å². The molecule has 1 heterocycles. The summed E-state index contributed by atoms with van der Waals surface area (Å²) < 4.78 is 5.07. The molecule has 0 N–H and O–H groups in total. The fourth-order valence-electron chi connectivity index (χ4n) is 1.36. The lowest BCUT2D eigenvalue weighted by molar-refractivity contribution is 0.292. The predicted octanol–water partition coefficient (Wildman–Crippen LogP) is 2.15. The van der Waals surface area contributed by atoms with Gasteiger partial charge in [-0.1, -0.05) is 13.0 Å². The summed E-state index contributed by atoms with van der Waals surface area (Å²) in [7, 11) is 1.63. The molecule has 0 aliphatic carbocycles. The summed E-state index contributed by atoms with van der Waals surface area (Å²) in [5.41, 5.74) is 1.02. The highest BCUT2D eigenvalue weighted by Gasteiger charge is 2.04. The van der Waals surface area contributed by atoms with E-state index in [-0.39, 0.29) is 0 Å². The van der Waals surface area contributed by atoms with Gasteiger partial charge in [0.05, 0.1) is 12.8 Å². The molecular formula is C11H17ClN2O. The largest absolute Gasteiger partial charge is 0.481 e. The van der Waals surface area contributed by atoms with Crippen molar-refractivity contribution in [2.45, 2.75) is 13.5 Å². The van der Waals surface area contributed by atoms with Gasteiger partial charge in [0.1, 0.15) is 0 Å². The van der Waals surface area contributed by atoms with Crippen LogP contribution in [0.2, 0.25) is 0 Å². The Morgan fingerprint density at radius 2 is 2.27 bits per heavy atom. The minimum Gasteiger partial charge on any atom is -0.481 e. The van der Waals surface area contributed by atoms with E-state index in [4.69, 9.17) is 16.3 Å². The van der Waals surface area contributed by atoms with Crippen LogP contribution in [0.1, 0.15) is 12.6 Å². The summed E-state index contributed by atoms with van der Waals surface area (Å²) >= 11 is 5.71. The lowest BCUT2D eigenvalue weighted by atomic mass is 10.3. The van der Waals surface area contributed by atoms with E-state index in [1.54, 1.807) is 7.11 Å². The van der Waals surface area contributed by atoms with Crippen LogP contribution < -0.4 is 4.74 Å². The summed E-state index contributed by atoms with van der Waals surface area (Å²) in [6.07, 6.45) is 0. The molecule has 1 aromatic rings. The number of methoxy groups -OCH3 is 1. The molecule has 1 rings (SSSR count). The zero-order valence-corrected chi connectivity index (χ0v) is 10.00. The Kier molecular flexibility index (Phi) is 5.43. The third-order valence-corrected chi connectivity index (χ3v) is 2.39. The molecule has 3 nitrogen and oxygen atoms in total. The number of alkyl halides is 1. The Morgan fingerprint density at radius 3 is 2.87 bits per heavy atom. The topological polar surface area (TPSA) is 25.4 Å². The molecule has 0 saturated carbocycles. The molecule has 0 spiro atoms. The third-order valence-electron chi connectivity index (χ3n) is 2.22. The molecule has 0 unspecified atom stereocenters. The highest BCUT2D eigenvalue weighted by atomic mass is 35.5. The highest BCUT2D eigenvalue weighted by molar-refractivity contribution is 6.18. The van der Waals surface area contributed by atoms with Gasteiger partial charge in [0.15, 0.2) is 0 Å². The molecule has 0 amide bonds. The predicted molar refractivity (Wildman–Crippen MR) is 62.5 cm³/mol. The maximum atomic E-state index is 5.71. The van der Waals surface area contributed by atoms with E-state index in [1.807, 2.05) is 18.2 Å². The molecule has 0 aliphatic rings. The van der Waals surface area contributed by atoms with Crippen molar-refractivity contribution in [1.82, 2.24) is 9.88 Å². The standard InChI is InChI=1S/C11H17ClN2O/c1-3-14(8-7-12)9-10-5-4-6-11(13-10)15-2/h4-6H,3,7-9H2,1-2H3. The van der Waals surface area contributed by atoms with E-state index in [1.165, 1.54) is 0 Å². The van der Waals surface area contributed by atoms with Crippen LogP contribution in [-0.2, 0) is 6.54 Å². The minimum absolute atomic E-state index is 0.651. The van der Waals surface area contributed by atoms with E-state index in [0.29, 0.717) is 11.8 Å². The Hall–Kier alpha value is -0.800. The molecule has 84 valence electrons. The van der Waals surface area contributed by atoms with Gasteiger partial charge in [0.25, 0.3) is 0 Å². The SMILES string of the molecule is CCN(CCCl)Cc1cccc(OC)n1. The van der Waals surface area contributed by atoms with E-state index in [2.05, 4.69) is 16.8 Å². The molecular weight excluding hydrogens is 212 g/mol. The van der Waals surface area contributed by atoms with Crippen molar-refractivity contribution in [1.29, 1.82) is 0 Å². The van der Waals surface area contributed by atoms with Gasteiger partial charge >= 0.3 is 0 Å². The summed E-state index contributed by atoms with van der Waals surface area (Å²) in [5.74, 6) is 1.31. The summed E-state index contributed by atoms with van der Waals surface area (Å²) in [4.78, 5) is 6.60. The number of nitrogens with zero attached hydrogens (tertiary/aromatic N) is 2. The third kappa shape index (κ3) is 4.06. The summed E-state index contributed by atoms with van der Waals surface area (Å²) in [6.45, 7) is 4.80. The van der Waals surface area contributed by atoms with Crippen LogP contribution in [0.25, 0.3) is 0 Å². The normalized spacial score (nSPS) is 10.7. The van der Waals surface area contributed by atoms with Crippen molar-refractivity contribution in [3.05, 3.63) is 23.9 Å². The maximum Gasteiger partial charge on any atom is 0.213 e. The van der Waals surface area contributed by atoms with Crippen LogP contribution in [0.4, 0.5) is 0 Å². The van der Waals surface area contributed by atoms with Gasteiger partial charge in [-0.2, -0.15) is 0 Å². The quantitative estimate of drug-likeness (QED) is 0.698. The first-order chi connectivity index (χ1) is 7.30. The van der Waals surface area contributed by atoms with E-state index >= 15 is 0 Å². The molecule has 0 radical (unpaired) electrons. The molecule has 4 heteroatoms. The number of hydrogen-bond acceptors (Lipinski definition) is 3. The first-order valence-corrected chi connectivity index (χ1v) is 5.61. The monoisotopic (exact) mass is 228 g/mol. The van der Waals surface area contributed by atoms with Crippen molar-refractivity contribution in [2.75, 3.05) is 26.1 Å². The smallest absolute Gasteiger partial charge is 0.213 e. The van der Waals surface area contributed by atoms with Crippen LogP contribution in [0.3, 0.4) is 0 Å². The molecule has 0 fully saturated rings. The summed E-state index contributed by atoms with van der Waals surface area (Å²) in [5, 5.41) is 0.